The first-order chi connectivity index (χ1) is 31.8. The molecule has 0 bridgehead atoms. The fourth-order valence-electron chi connectivity index (χ4n) is 10.8. The summed E-state index contributed by atoms with van der Waals surface area (Å²) in [5, 5.41) is 13.0. The summed E-state index contributed by atoms with van der Waals surface area (Å²) in [5.41, 5.74) is 9.59. The highest BCUT2D eigenvalue weighted by molar-refractivity contribution is 7.26. The monoisotopic (exact) mass is 848 g/mol. The molecule has 13 aromatic rings. The van der Waals surface area contributed by atoms with Gasteiger partial charge in [0.05, 0.1) is 27.8 Å². The Morgan fingerprint density at radius 2 is 0.859 bits per heavy atom. The molecule has 0 aliphatic heterocycles. The Hall–Kier alpha value is -7.76. The van der Waals surface area contributed by atoms with Crippen LogP contribution in [0.25, 0.3) is 86.3 Å². The lowest BCUT2D eigenvalue weighted by atomic mass is 10.0. The number of aromatic nitrogens is 2. The maximum absolute atomic E-state index is 2.77. The predicted molar refractivity (Wildman–Crippen MR) is 277 cm³/mol. The quantitative estimate of drug-likeness (QED) is 0.112. The molecule has 0 atom stereocenters. The molecule has 0 saturated heterocycles. The van der Waals surface area contributed by atoms with Crippen LogP contribution in [-0.2, 0) is 0 Å². The SMILES string of the molecule is c1ccc([Si](c2ccccc2)(c2ccccc2)c2cccc(-n3c4ccccc4c4c(-n5c6ccccc6c6ccc(-c7cccc8c7sc7ccccc78)cc65)cccc43)c2)cc1. The van der Waals surface area contributed by atoms with E-state index in [9.17, 15) is 0 Å². The summed E-state index contributed by atoms with van der Waals surface area (Å²) in [6, 6.07) is 90.4. The van der Waals surface area contributed by atoms with Gasteiger partial charge in [-0.1, -0.05) is 194 Å². The molecule has 0 aliphatic carbocycles. The fourth-order valence-corrected chi connectivity index (χ4v) is 16.8. The van der Waals surface area contributed by atoms with E-state index >= 15 is 0 Å². The van der Waals surface area contributed by atoms with Crippen molar-refractivity contribution >= 4 is 104 Å². The van der Waals surface area contributed by atoms with Crippen LogP contribution < -0.4 is 20.7 Å². The van der Waals surface area contributed by atoms with Crippen molar-refractivity contribution in [1.29, 1.82) is 0 Å². The molecule has 10 aromatic carbocycles. The van der Waals surface area contributed by atoms with Gasteiger partial charge in [0.2, 0.25) is 0 Å². The molecule has 0 amide bonds. The number of hydrogen-bond acceptors (Lipinski definition) is 1. The third kappa shape index (κ3) is 5.43. The van der Waals surface area contributed by atoms with E-state index in [0.29, 0.717) is 0 Å². The average molecular weight is 849 g/mol. The molecule has 3 aromatic heterocycles. The number of fused-ring (bicyclic) bond motifs is 9. The number of benzene rings is 10. The standard InChI is InChI=1S/C60H40N2SSi/c1-4-20-43(21-5-1)64(44-22-6-2-7-23-44,45-24-8-3-9-25-45)46-26-16-19-42(40-46)61-54-33-14-11-29-52(54)59-55(61)34-18-35-56(59)62-53-32-13-10-27-48(53)49-38-37-41(39-57(49)62)47-30-17-31-51-50-28-12-15-36-58(50)63-60(47)51/h1-40H. The van der Waals surface area contributed by atoms with Crippen molar-refractivity contribution in [2.45, 2.75) is 0 Å². The van der Waals surface area contributed by atoms with Gasteiger partial charge in [-0.15, -0.1) is 11.3 Å². The van der Waals surface area contributed by atoms with Gasteiger partial charge in [0.15, 0.2) is 8.07 Å². The molecule has 0 N–H and O–H groups in total. The first-order valence-electron chi connectivity index (χ1n) is 22.0. The topological polar surface area (TPSA) is 9.86 Å². The Morgan fingerprint density at radius 3 is 1.58 bits per heavy atom. The number of hydrogen-bond donors (Lipinski definition) is 0. The predicted octanol–water partition coefficient (Wildman–Crippen LogP) is 13.3. The molecule has 0 spiro atoms. The summed E-state index contributed by atoms with van der Waals surface area (Å²) < 4.78 is 7.67. The molecule has 64 heavy (non-hydrogen) atoms. The zero-order valence-corrected chi connectivity index (χ0v) is 36.7. The number of para-hydroxylation sites is 2. The Bertz CT molecular complexity index is 3800. The molecule has 2 nitrogen and oxygen atoms in total. The highest BCUT2D eigenvalue weighted by Crippen LogP contribution is 2.43. The number of rotatable bonds is 7. The molecule has 300 valence electrons. The molecule has 3 heterocycles. The van der Waals surface area contributed by atoms with Crippen molar-refractivity contribution < 1.29 is 0 Å². The molecule has 0 aliphatic rings. The molecule has 0 saturated carbocycles. The summed E-state index contributed by atoms with van der Waals surface area (Å²) in [6.45, 7) is 0. The highest BCUT2D eigenvalue weighted by atomic mass is 32.1. The van der Waals surface area contributed by atoms with Gasteiger partial charge in [-0.2, -0.15) is 0 Å². The van der Waals surface area contributed by atoms with Crippen LogP contribution in [0.2, 0.25) is 0 Å². The zero-order chi connectivity index (χ0) is 42.2. The number of thiophene rings is 1. The third-order valence-corrected chi connectivity index (χ3v) is 19.5. The molecular weight excluding hydrogens is 809 g/mol. The average Bonchev–Trinajstić information content (AvgIpc) is 4.03. The minimum atomic E-state index is -2.77. The van der Waals surface area contributed by atoms with Gasteiger partial charge in [-0.25, -0.2) is 0 Å². The van der Waals surface area contributed by atoms with Crippen molar-refractivity contribution in [3.63, 3.8) is 0 Å². The maximum Gasteiger partial charge on any atom is 0.179 e. The summed E-state index contributed by atoms with van der Waals surface area (Å²) in [4.78, 5) is 0. The highest BCUT2D eigenvalue weighted by Gasteiger charge is 2.41. The van der Waals surface area contributed by atoms with E-state index in [4.69, 9.17) is 0 Å². The van der Waals surface area contributed by atoms with Crippen LogP contribution in [0.3, 0.4) is 0 Å². The number of nitrogens with zero attached hydrogens (tertiary/aromatic N) is 2. The van der Waals surface area contributed by atoms with Gasteiger partial charge in [-0.3, -0.25) is 0 Å². The smallest absolute Gasteiger partial charge is 0.179 e. The summed E-state index contributed by atoms with van der Waals surface area (Å²) in [6.07, 6.45) is 0. The van der Waals surface area contributed by atoms with Crippen molar-refractivity contribution in [2.24, 2.45) is 0 Å². The minimum Gasteiger partial charge on any atom is -0.309 e. The van der Waals surface area contributed by atoms with Crippen molar-refractivity contribution in [1.82, 2.24) is 9.13 Å². The summed E-state index contributed by atoms with van der Waals surface area (Å²) >= 11 is 1.89. The molecular formula is C60H40N2SSi. The third-order valence-electron chi connectivity index (χ3n) is 13.5. The first kappa shape index (κ1) is 36.9. The lowest BCUT2D eigenvalue weighted by Gasteiger charge is -2.34. The van der Waals surface area contributed by atoms with Gasteiger partial charge in [0, 0.05) is 47.4 Å². The molecule has 0 unspecified atom stereocenters. The molecule has 0 radical (unpaired) electrons. The zero-order valence-electron chi connectivity index (χ0n) is 34.9. The van der Waals surface area contributed by atoms with E-state index in [2.05, 4.69) is 252 Å². The van der Waals surface area contributed by atoms with E-state index in [1.54, 1.807) is 0 Å². The van der Waals surface area contributed by atoms with Crippen LogP contribution in [0, 0.1) is 0 Å². The van der Waals surface area contributed by atoms with Gasteiger partial charge in [0.25, 0.3) is 0 Å². The van der Waals surface area contributed by atoms with Crippen LogP contribution in [0.15, 0.2) is 243 Å². The Morgan fingerprint density at radius 1 is 0.328 bits per heavy atom. The van der Waals surface area contributed by atoms with E-state index in [1.807, 2.05) is 11.3 Å². The van der Waals surface area contributed by atoms with Crippen molar-refractivity contribution in [2.75, 3.05) is 0 Å². The minimum absolute atomic E-state index is 1.15. The van der Waals surface area contributed by atoms with E-state index in [0.717, 1.165) is 5.69 Å². The Labute approximate surface area is 376 Å². The van der Waals surface area contributed by atoms with Crippen LogP contribution >= 0.6 is 11.3 Å². The van der Waals surface area contributed by atoms with Crippen molar-refractivity contribution in [3.8, 4) is 22.5 Å². The van der Waals surface area contributed by atoms with Crippen LogP contribution in [0.4, 0.5) is 0 Å². The van der Waals surface area contributed by atoms with Gasteiger partial charge < -0.3 is 9.13 Å². The van der Waals surface area contributed by atoms with E-state index < -0.39 is 8.07 Å². The van der Waals surface area contributed by atoms with Crippen molar-refractivity contribution in [3.05, 3.63) is 243 Å². The van der Waals surface area contributed by atoms with Crippen LogP contribution in [0.5, 0.6) is 0 Å². The maximum atomic E-state index is 2.52. The Balaban J connectivity index is 1.07. The molecule has 13 rings (SSSR count). The lowest BCUT2D eigenvalue weighted by molar-refractivity contribution is 1.17. The van der Waals surface area contributed by atoms with Gasteiger partial charge in [-0.05, 0) is 80.4 Å². The summed E-state index contributed by atoms with van der Waals surface area (Å²) in [5.74, 6) is 0. The van der Waals surface area contributed by atoms with Gasteiger partial charge in [0.1, 0.15) is 0 Å². The molecule has 0 fully saturated rings. The van der Waals surface area contributed by atoms with Gasteiger partial charge >= 0.3 is 0 Å². The van der Waals surface area contributed by atoms with Crippen LogP contribution in [0.1, 0.15) is 0 Å². The second kappa shape index (κ2) is 14.7. The summed E-state index contributed by atoms with van der Waals surface area (Å²) in [7, 11) is -2.77. The largest absolute Gasteiger partial charge is 0.309 e. The van der Waals surface area contributed by atoms with E-state index in [-0.39, 0.29) is 0 Å². The van der Waals surface area contributed by atoms with Crippen LogP contribution in [-0.4, -0.2) is 17.2 Å². The first-order valence-corrected chi connectivity index (χ1v) is 24.8. The Kier molecular flexibility index (Phi) is 8.45. The fraction of sp³-hybridized carbons (Fsp3) is 0. The second-order valence-corrected chi connectivity index (χ2v) is 21.6. The molecule has 4 heteroatoms. The second-order valence-electron chi connectivity index (χ2n) is 16.8. The van der Waals surface area contributed by atoms with E-state index in [1.165, 1.54) is 101 Å². The lowest BCUT2D eigenvalue weighted by Crippen LogP contribution is -2.74. The normalized spacial score (nSPS) is 12.1.